The number of benzene rings is 1. The summed E-state index contributed by atoms with van der Waals surface area (Å²) >= 11 is 0. The summed E-state index contributed by atoms with van der Waals surface area (Å²) < 4.78 is 1.62. The van der Waals surface area contributed by atoms with Crippen LogP contribution in [0.5, 0.6) is 0 Å². The molecule has 0 atom stereocenters. The van der Waals surface area contributed by atoms with Crippen LogP contribution in [0.3, 0.4) is 0 Å². The lowest BCUT2D eigenvalue weighted by Crippen LogP contribution is -2.56. The lowest BCUT2D eigenvalue weighted by Gasteiger charge is -2.41. The van der Waals surface area contributed by atoms with Gasteiger partial charge < -0.3 is 10.0 Å². The van der Waals surface area contributed by atoms with Crippen LogP contribution in [0.4, 0.5) is 0 Å². The number of aromatic nitrogens is 3. The minimum Gasteiger partial charge on any atom is -0.479 e. The summed E-state index contributed by atoms with van der Waals surface area (Å²) in [5.74, 6) is -1.17. The predicted molar refractivity (Wildman–Crippen MR) is 91.6 cm³/mol. The Morgan fingerprint density at radius 1 is 1.24 bits per heavy atom. The number of likely N-dealkylation sites (N-methyl/N-ethyl adjacent to an activating group) is 1. The zero-order valence-electron chi connectivity index (χ0n) is 14.5. The van der Waals surface area contributed by atoms with Crippen LogP contribution < -0.4 is 0 Å². The first-order chi connectivity index (χ1) is 12.0. The third-order valence-corrected chi connectivity index (χ3v) is 5.15. The van der Waals surface area contributed by atoms with E-state index in [1.807, 2.05) is 13.0 Å². The number of amides is 1. The van der Waals surface area contributed by atoms with Gasteiger partial charge in [-0.2, -0.15) is 5.10 Å². The summed E-state index contributed by atoms with van der Waals surface area (Å²) in [5, 5.41) is 13.9. The summed E-state index contributed by atoms with van der Waals surface area (Å²) in [4.78, 5) is 30.3. The molecule has 0 spiro atoms. The molecule has 132 valence electrons. The molecule has 1 aliphatic rings. The zero-order chi connectivity index (χ0) is 18.0. The van der Waals surface area contributed by atoms with Gasteiger partial charge in [0.1, 0.15) is 18.2 Å². The van der Waals surface area contributed by atoms with Gasteiger partial charge >= 0.3 is 5.97 Å². The van der Waals surface area contributed by atoms with Gasteiger partial charge in [0, 0.05) is 12.6 Å². The molecule has 1 heterocycles. The van der Waals surface area contributed by atoms with E-state index in [1.165, 1.54) is 11.2 Å². The average Bonchev–Trinajstić information content (AvgIpc) is 3.15. The number of nitrogens with zero attached hydrogens (tertiary/aromatic N) is 4. The van der Waals surface area contributed by atoms with Crippen LogP contribution >= 0.6 is 0 Å². The number of hydrogen-bond acceptors (Lipinski definition) is 4. The van der Waals surface area contributed by atoms with Crippen molar-refractivity contribution in [2.75, 3.05) is 7.05 Å². The van der Waals surface area contributed by atoms with Gasteiger partial charge in [0.25, 0.3) is 5.91 Å². The largest absolute Gasteiger partial charge is 0.479 e. The Morgan fingerprint density at radius 2 is 1.96 bits per heavy atom. The van der Waals surface area contributed by atoms with Crippen molar-refractivity contribution in [3.8, 4) is 5.69 Å². The number of aryl methyl sites for hydroxylation is 1. The first kappa shape index (κ1) is 17.1. The second-order valence-electron chi connectivity index (χ2n) is 6.60. The van der Waals surface area contributed by atoms with E-state index in [-0.39, 0.29) is 5.91 Å². The van der Waals surface area contributed by atoms with E-state index >= 15 is 0 Å². The molecule has 3 rings (SSSR count). The molecule has 25 heavy (non-hydrogen) atoms. The van der Waals surface area contributed by atoms with E-state index in [9.17, 15) is 14.7 Å². The number of carbonyl (C=O) groups excluding carboxylic acids is 1. The Labute approximate surface area is 146 Å². The highest BCUT2D eigenvalue weighted by Crippen LogP contribution is 2.34. The van der Waals surface area contributed by atoms with Crippen molar-refractivity contribution in [3.05, 3.63) is 42.0 Å². The van der Waals surface area contributed by atoms with Gasteiger partial charge in [0.05, 0.1) is 5.69 Å². The van der Waals surface area contributed by atoms with E-state index in [2.05, 4.69) is 10.1 Å². The maximum Gasteiger partial charge on any atom is 0.329 e. The van der Waals surface area contributed by atoms with Gasteiger partial charge in [0.2, 0.25) is 0 Å². The fourth-order valence-electron chi connectivity index (χ4n) is 3.58. The third-order valence-electron chi connectivity index (χ3n) is 5.15. The normalized spacial score (nSPS) is 16.4. The summed E-state index contributed by atoms with van der Waals surface area (Å²) in [5.41, 5.74) is 0.991. The fourth-order valence-corrected chi connectivity index (χ4v) is 3.58. The van der Waals surface area contributed by atoms with Crippen LogP contribution in [0.2, 0.25) is 0 Å². The number of rotatable bonds is 4. The Kier molecular flexibility index (Phi) is 4.57. The highest BCUT2D eigenvalue weighted by molar-refractivity contribution is 5.99. The van der Waals surface area contributed by atoms with Gasteiger partial charge in [-0.05, 0) is 43.5 Å². The fraction of sp³-hybridized carbons (Fsp3) is 0.444. The standard InChI is InChI=1S/C18H22N4O3/c1-13-10-14(22-12-19-11-20-22)6-7-15(13)16(23)21(2)18(17(24)25)8-4-3-5-9-18/h6-7,10-12H,3-5,8-9H2,1-2H3,(H,24,25). The number of carboxylic acids is 1. The van der Waals surface area contributed by atoms with Crippen LogP contribution in [0.25, 0.3) is 5.69 Å². The summed E-state index contributed by atoms with van der Waals surface area (Å²) in [6.07, 6.45) is 6.71. The molecular formula is C18H22N4O3. The zero-order valence-corrected chi connectivity index (χ0v) is 14.5. The highest BCUT2D eigenvalue weighted by Gasteiger charge is 2.45. The van der Waals surface area contributed by atoms with Crippen LogP contribution in [-0.2, 0) is 4.79 Å². The molecule has 1 aromatic heterocycles. The molecule has 1 aliphatic carbocycles. The highest BCUT2D eigenvalue weighted by atomic mass is 16.4. The van der Waals surface area contributed by atoms with Crippen molar-refractivity contribution < 1.29 is 14.7 Å². The van der Waals surface area contributed by atoms with E-state index in [0.29, 0.717) is 18.4 Å². The van der Waals surface area contributed by atoms with Crippen molar-refractivity contribution in [2.24, 2.45) is 0 Å². The van der Waals surface area contributed by atoms with E-state index in [1.54, 1.807) is 30.2 Å². The van der Waals surface area contributed by atoms with Crippen molar-refractivity contribution in [3.63, 3.8) is 0 Å². The van der Waals surface area contributed by atoms with Gasteiger partial charge in [-0.25, -0.2) is 14.5 Å². The summed E-state index contributed by atoms with van der Waals surface area (Å²) in [6.45, 7) is 1.84. The van der Waals surface area contributed by atoms with Crippen LogP contribution in [-0.4, -0.2) is 49.2 Å². The van der Waals surface area contributed by atoms with Gasteiger partial charge in [-0.1, -0.05) is 19.3 Å². The molecule has 2 aromatic rings. The van der Waals surface area contributed by atoms with Crippen LogP contribution in [0.1, 0.15) is 48.0 Å². The monoisotopic (exact) mass is 342 g/mol. The maximum absolute atomic E-state index is 13.0. The molecule has 1 aromatic carbocycles. The molecule has 1 fully saturated rings. The molecule has 1 amide bonds. The smallest absolute Gasteiger partial charge is 0.329 e. The van der Waals surface area contributed by atoms with E-state index < -0.39 is 11.5 Å². The van der Waals surface area contributed by atoms with Crippen molar-refractivity contribution in [1.29, 1.82) is 0 Å². The predicted octanol–water partition coefficient (Wildman–Crippen LogP) is 2.44. The third kappa shape index (κ3) is 3.01. The van der Waals surface area contributed by atoms with Crippen LogP contribution in [0.15, 0.2) is 30.9 Å². The molecule has 7 heteroatoms. The van der Waals surface area contributed by atoms with Crippen molar-refractivity contribution >= 4 is 11.9 Å². The summed E-state index contributed by atoms with van der Waals surface area (Å²) in [7, 11) is 1.60. The Morgan fingerprint density at radius 3 is 2.52 bits per heavy atom. The maximum atomic E-state index is 13.0. The molecule has 0 bridgehead atoms. The first-order valence-corrected chi connectivity index (χ1v) is 8.43. The molecule has 0 unspecified atom stereocenters. The SMILES string of the molecule is Cc1cc(-n2cncn2)ccc1C(=O)N(C)C1(C(=O)O)CCCCC1. The van der Waals surface area contributed by atoms with Crippen LogP contribution in [0, 0.1) is 6.92 Å². The molecule has 1 saturated carbocycles. The Hall–Kier alpha value is -2.70. The molecule has 0 aliphatic heterocycles. The number of hydrogen-bond donors (Lipinski definition) is 1. The minimum absolute atomic E-state index is 0.257. The first-order valence-electron chi connectivity index (χ1n) is 8.43. The second kappa shape index (κ2) is 6.66. The second-order valence-corrected chi connectivity index (χ2v) is 6.60. The quantitative estimate of drug-likeness (QED) is 0.922. The van der Waals surface area contributed by atoms with Crippen molar-refractivity contribution in [2.45, 2.75) is 44.6 Å². The Bertz CT molecular complexity index is 780. The number of carboxylic acid groups (broad SMARTS) is 1. The van der Waals surface area contributed by atoms with Gasteiger partial charge in [0.15, 0.2) is 0 Å². The molecule has 0 radical (unpaired) electrons. The topological polar surface area (TPSA) is 88.3 Å². The van der Waals surface area contributed by atoms with Gasteiger partial charge in [-0.15, -0.1) is 0 Å². The van der Waals surface area contributed by atoms with E-state index in [0.717, 1.165) is 30.5 Å². The summed E-state index contributed by atoms with van der Waals surface area (Å²) in [6, 6.07) is 5.37. The number of carbonyl (C=O) groups is 2. The molecular weight excluding hydrogens is 320 g/mol. The number of aliphatic carboxylic acids is 1. The molecule has 0 saturated heterocycles. The van der Waals surface area contributed by atoms with Gasteiger partial charge in [-0.3, -0.25) is 4.79 Å². The minimum atomic E-state index is -1.10. The molecule has 7 nitrogen and oxygen atoms in total. The Balaban J connectivity index is 1.90. The molecule has 1 N–H and O–H groups in total. The van der Waals surface area contributed by atoms with Crippen molar-refractivity contribution in [1.82, 2.24) is 19.7 Å². The average molecular weight is 342 g/mol. The lowest BCUT2D eigenvalue weighted by molar-refractivity contribution is -0.151. The lowest BCUT2D eigenvalue weighted by atomic mass is 9.80. The van der Waals surface area contributed by atoms with E-state index in [4.69, 9.17) is 0 Å².